The molecule has 1 N–H and O–H groups in total. The number of rotatable bonds is 8. The van der Waals surface area contributed by atoms with Gasteiger partial charge in [-0.15, -0.1) is 0 Å². The molecule has 2 amide bonds. The molecule has 0 radical (unpaired) electrons. The van der Waals surface area contributed by atoms with E-state index in [0.29, 0.717) is 18.1 Å². The van der Waals surface area contributed by atoms with Gasteiger partial charge in [0.1, 0.15) is 6.04 Å². The Hall–Kier alpha value is -3.11. The van der Waals surface area contributed by atoms with Crippen LogP contribution in [0.3, 0.4) is 0 Å². The van der Waals surface area contributed by atoms with Gasteiger partial charge in [-0.05, 0) is 35.7 Å². The van der Waals surface area contributed by atoms with Crippen LogP contribution in [-0.2, 0) is 22.6 Å². The van der Waals surface area contributed by atoms with Crippen LogP contribution in [0.4, 0.5) is 0 Å². The molecular formula is C25H25ClN2O2. The summed E-state index contributed by atoms with van der Waals surface area (Å²) in [4.78, 5) is 28.1. The van der Waals surface area contributed by atoms with E-state index in [-0.39, 0.29) is 18.2 Å². The minimum absolute atomic E-state index is 0.115. The zero-order valence-electron chi connectivity index (χ0n) is 16.9. The predicted molar refractivity (Wildman–Crippen MR) is 120 cm³/mol. The van der Waals surface area contributed by atoms with Crippen LogP contribution < -0.4 is 5.32 Å². The number of hydrogen-bond donors (Lipinski definition) is 1. The summed E-state index contributed by atoms with van der Waals surface area (Å²) in [5.41, 5.74) is 2.59. The number of amides is 2. The van der Waals surface area contributed by atoms with Gasteiger partial charge in [-0.2, -0.15) is 0 Å². The second kappa shape index (κ2) is 10.6. The van der Waals surface area contributed by atoms with E-state index in [0.717, 1.165) is 16.7 Å². The van der Waals surface area contributed by atoms with Crippen LogP contribution in [0.5, 0.6) is 0 Å². The molecule has 154 valence electrons. The first-order valence-electron chi connectivity index (χ1n) is 9.99. The van der Waals surface area contributed by atoms with E-state index >= 15 is 0 Å². The molecule has 5 heteroatoms. The summed E-state index contributed by atoms with van der Waals surface area (Å²) < 4.78 is 0. The number of benzene rings is 3. The van der Waals surface area contributed by atoms with Gasteiger partial charge in [0.15, 0.2) is 0 Å². The average molecular weight is 421 g/mol. The fourth-order valence-corrected chi connectivity index (χ4v) is 3.49. The van der Waals surface area contributed by atoms with Crippen molar-refractivity contribution < 1.29 is 9.59 Å². The summed E-state index contributed by atoms with van der Waals surface area (Å²) in [6, 6.07) is 25.6. The average Bonchev–Trinajstić information content (AvgIpc) is 2.76. The lowest BCUT2D eigenvalue weighted by molar-refractivity contribution is -0.141. The Morgan fingerprint density at radius 2 is 1.47 bits per heavy atom. The van der Waals surface area contributed by atoms with Crippen LogP contribution in [0, 0.1) is 0 Å². The summed E-state index contributed by atoms with van der Waals surface area (Å²) in [6.07, 6.45) is 0.219. The van der Waals surface area contributed by atoms with Gasteiger partial charge < -0.3 is 10.2 Å². The molecule has 1 atom stereocenters. The third kappa shape index (κ3) is 5.71. The third-order valence-corrected chi connectivity index (χ3v) is 5.06. The predicted octanol–water partition coefficient (Wildman–Crippen LogP) is 4.79. The molecule has 3 aromatic rings. The van der Waals surface area contributed by atoms with Crippen molar-refractivity contribution in [2.45, 2.75) is 25.9 Å². The summed E-state index contributed by atoms with van der Waals surface area (Å²) in [7, 11) is 0. The zero-order valence-corrected chi connectivity index (χ0v) is 17.7. The molecule has 0 saturated heterocycles. The minimum atomic E-state index is -0.724. The van der Waals surface area contributed by atoms with Gasteiger partial charge in [-0.3, -0.25) is 9.59 Å². The Labute approximate surface area is 182 Å². The molecule has 0 spiro atoms. The largest absolute Gasteiger partial charge is 0.354 e. The lowest BCUT2D eigenvalue weighted by Crippen LogP contribution is -2.44. The fourth-order valence-electron chi connectivity index (χ4n) is 3.36. The van der Waals surface area contributed by atoms with Crippen molar-refractivity contribution in [1.29, 1.82) is 0 Å². The van der Waals surface area contributed by atoms with Crippen molar-refractivity contribution in [3.8, 4) is 0 Å². The third-order valence-electron chi connectivity index (χ3n) is 4.81. The van der Waals surface area contributed by atoms with Crippen LogP contribution in [-0.4, -0.2) is 23.3 Å². The van der Waals surface area contributed by atoms with Crippen molar-refractivity contribution in [1.82, 2.24) is 10.2 Å². The van der Waals surface area contributed by atoms with E-state index in [1.165, 1.54) is 0 Å². The normalized spacial score (nSPS) is 11.5. The lowest BCUT2D eigenvalue weighted by atomic mass is 10.0. The number of nitrogens with one attached hydrogen (secondary N) is 1. The molecule has 0 fully saturated rings. The van der Waals surface area contributed by atoms with Crippen molar-refractivity contribution in [2.75, 3.05) is 6.54 Å². The maximum Gasteiger partial charge on any atom is 0.247 e. The Morgan fingerprint density at radius 1 is 0.867 bits per heavy atom. The molecule has 0 unspecified atom stereocenters. The molecule has 0 aliphatic carbocycles. The van der Waals surface area contributed by atoms with Crippen molar-refractivity contribution in [3.05, 3.63) is 107 Å². The standard InChI is InChI=1S/C25H25ClN2O2/c1-2-27-25(30)24(21-11-7-4-8-12-21)28(18-20-13-15-22(26)16-14-20)23(29)17-19-9-5-3-6-10-19/h3-16,24H,2,17-18H2,1H3,(H,27,30)/t24-/m1/s1. The summed E-state index contributed by atoms with van der Waals surface area (Å²) >= 11 is 6.02. The lowest BCUT2D eigenvalue weighted by Gasteiger charge is -2.31. The van der Waals surface area contributed by atoms with E-state index in [1.54, 1.807) is 17.0 Å². The van der Waals surface area contributed by atoms with Crippen LogP contribution in [0.2, 0.25) is 5.02 Å². The molecule has 4 nitrogen and oxygen atoms in total. The molecule has 0 aromatic heterocycles. The van der Waals surface area contributed by atoms with Crippen LogP contribution >= 0.6 is 11.6 Å². The van der Waals surface area contributed by atoms with Gasteiger partial charge in [-0.25, -0.2) is 0 Å². The highest BCUT2D eigenvalue weighted by Crippen LogP contribution is 2.25. The molecular weight excluding hydrogens is 396 g/mol. The number of hydrogen-bond acceptors (Lipinski definition) is 2. The van der Waals surface area contributed by atoms with Gasteiger partial charge in [0.25, 0.3) is 0 Å². The first-order valence-corrected chi connectivity index (χ1v) is 10.4. The topological polar surface area (TPSA) is 49.4 Å². The first-order chi connectivity index (χ1) is 14.6. The maximum atomic E-state index is 13.4. The van der Waals surface area contributed by atoms with Crippen molar-refractivity contribution >= 4 is 23.4 Å². The Kier molecular flexibility index (Phi) is 7.63. The Morgan fingerprint density at radius 3 is 2.07 bits per heavy atom. The number of nitrogens with zero attached hydrogens (tertiary/aromatic N) is 1. The summed E-state index contributed by atoms with van der Waals surface area (Å²) in [5, 5.41) is 3.51. The monoisotopic (exact) mass is 420 g/mol. The molecule has 0 aliphatic rings. The molecule has 0 heterocycles. The minimum Gasteiger partial charge on any atom is -0.354 e. The smallest absolute Gasteiger partial charge is 0.247 e. The molecule has 30 heavy (non-hydrogen) atoms. The van der Waals surface area contributed by atoms with Crippen LogP contribution in [0.1, 0.15) is 29.7 Å². The highest BCUT2D eigenvalue weighted by Gasteiger charge is 2.31. The molecule has 3 aromatic carbocycles. The van der Waals surface area contributed by atoms with Gasteiger partial charge in [0, 0.05) is 18.1 Å². The molecule has 0 saturated carbocycles. The zero-order chi connectivity index (χ0) is 21.3. The molecule has 0 bridgehead atoms. The van der Waals surface area contributed by atoms with E-state index in [9.17, 15) is 9.59 Å². The second-order valence-electron chi connectivity index (χ2n) is 7.02. The number of likely N-dealkylation sites (N-methyl/N-ethyl adjacent to an activating group) is 1. The van der Waals surface area contributed by atoms with Crippen LogP contribution in [0.15, 0.2) is 84.9 Å². The molecule has 3 rings (SSSR count). The number of halogens is 1. The van der Waals surface area contributed by atoms with E-state index in [1.807, 2.05) is 79.7 Å². The Balaban J connectivity index is 1.98. The summed E-state index contributed by atoms with van der Waals surface area (Å²) in [5.74, 6) is -0.310. The summed E-state index contributed by atoms with van der Waals surface area (Å²) in [6.45, 7) is 2.67. The van der Waals surface area contributed by atoms with E-state index in [4.69, 9.17) is 11.6 Å². The van der Waals surface area contributed by atoms with Gasteiger partial charge in [-0.1, -0.05) is 84.4 Å². The Bertz CT molecular complexity index is 959. The van der Waals surface area contributed by atoms with Crippen molar-refractivity contribution in [3.63, 3.8) is 0 Å². The van der Waals surface area contributed by atoms with E-state index in [2.05, 4.69) is 5.32 Å². The SMILES string of the molecule is CCNC(=O)[C@@H](c1ccccc1)N(Cc1ccc(Cl)cc1)C(=O)Cc1ccccc1. The van der Waals surface area contributed by atoms with Gasteiger partial charge >= 0.3 is 0 Å². The fraction of sp³-hybridized carbons (Fsp3) is 0.200. The van der Waals surface area contributed by atoms with Gasteiger partial charge in [0.05, 0.1) is 6.42 Å². The maximum absolute atomic E-state index is 13.4. The van der Waals surface area contributed by atoms with Gasteiger partial charge in [0.2, 0.25) is 11.8 Å². The number of carbonyl (C=O) groups excluding carboxylic acids is 2. The second-order valence-corrected chi connectivity index (χ2v) is 7.45. The highest BCUT2D eigenvalue weighted by molar-refractivity contribution is 6.30. The quantitative estimate of drug-likeness (QED) is 0.569. The van der Waals surface area contributed by atoms with Crippen molar-refractivity contribution in [2.24, 2.45) is 0 Å². The highest BCUT2D eigenvalue weighted by atomic mass is 35.5. The van der Waals surface area contributed by atoms with E-state index < -0.39 is 6.04 Å². The molecule has 0 aliphatic heterocycles. The van der Waals surface area contributed by atoms with Crippen LogP contribution in [0.25, 0.3) is 0 Å². The number of carbonyl (C=O) groups is 2. The first kappa shape index (κ1) is 21.6.